The van der Waals surface area contributed by atoms with Crippen molar-refractivity contribution in [3.8, 4) is 5.75 Å². The number of hydrogen-bond acceptors (Lipinski definition) is 7. The Morgan fingerprint density at radius 1 is 0.935 bits per heavy atom. The second-order valence-corrected chi connectivity index (χ2v) is 13.0. The van der Waals surface area contributed by atoms with Gasteiger partial charge in [0.2, 0.25) is 17.0 Å². The maximum absolute atomic E-state index is 13.0. The Kier molecular flexibility index (Phi) is 9.82. The summed E-state index contributed by atoms with van der Waals surface area (Å²) in [4.78, 5) is 34.7. The third-order valence-corrected chi connectivity index (χ3v) is 9.54. The molecule has 238 valence electrons. The Morgan fingerprint density at radius 2 is 1.74 bits per heavy atom. The summed E-state index contributed by atoms with van der Waals surface area (Å²) in [5.74, 6) is 1.82. The minimum atomic E-state index is -0.0139. The van der Waals surface area contributed by atoms with Gasteiger partial charge in [-0.1, -0.05) is 65.9 Å². The second kappa shape index (κ2) is 14.3. The molecule has 1 aliphatic heterocycles. The summed E-state index contributed by atoms with van der Waals surface area (Å²) in [5.41, 5.74) is 6.10. The molecule has 0 spiro atoms. The van der Waals surface area contributed by atoms with Crippen LogP contribution in [0.4, 0.5) is 0 Å². The smallest absolute Gasteiger partial charge is 0.227 e. The Balaban J connectivity index is 0.995. The highest BCUT2D eigenvalue weighted by Crippen LogP contribution is 2.29. The Hall–Kier alpha value is -4.44. The molecule has 1 atom stereocenters. The van der Waals surface area contributed by atoms with Crippen molar-refractivity contribution in [2.45, 2.75) is 57.3 Å². The molecule has 10 heteroatoms. The van der Waals surface area contributed by atoms with E-state index in [1.165, 1.54) is 11.1 Å². The third kappa shape index (κ3) is 7.17. The van der Waals surface area contributed by atoms with Gasteiger partial charge in [-0.15, -0.1) is 10.2 Å². The first-order valence-electron chi connectivity index (χ1n) is 15.9. The lowest BCUT2D eigenvalue weighted by Crippen LogP contribution is -2.55. The van der Waals surface area contributed by atoms with Gasteiger partial charge in [0.25, 0.3) is 0 Å². The van der Waals surface area contributed by atoms with E-state index < -0.39 is 0 Å². The monoisotopic (exact) mass is 636 g/mol. The Bertz CT molecular complexity index is 1830. The van der Waals surface area contributed by atoms with Crippen LogP contribution in [-0.4, -0.2) is 79.9 Å². The number of amides is 2. The van der Waals surface area contributed by atoms with Crippen molar-refractivity contribution in [1.29, 1.82) is 0 Å². The van der Waals surface area contributed by atoms with Crippen molar-refractivity contribution in [2.24, 2.45) is 0 Å². The number of aryl methyl sites for hydroxylation is 1. The predicted molar refractivity (Wildman–Crippen MR) is 182 cm³/mol. The second-order valence-electron chi connectivity index (χ2n) is 12.0. The van der Waals surface area contributed by atoms with Gasteiger partial charge in [-0.2, -0.15) is 0 Å². The van der Waals surface area contributed by atoms with Crippen LogP contribution in [0.1, 0.15) is 42.9 Å². The van der Waals surface area contributed by atoms with Gasteiger partial charge in [-0.05, 0) is 62.1 Å². The number of carbonyl (C=O) groups is 2. The van der Waals surface area contributed by atoms with Crippen molar-refractivity contribution in [3.05, 3.63) is 89.5 Å². The van der Waals surface area contributed by atoms with Crippen LogP contribution < -0.4 is 4.74 Å². The Morgan fingerprint density at radius 3 is 2.50 bits per heavy atom. The summed E-state index contributed by atoms with van der Waals surface area (Å²) in [6.45, 7) is 6.51. The number of thioether (sulfide) groups is 1. The molecule has 0 saturated carbocycles. The van der Waals surface area contributed by atoms with Crippen LogP contribution in [-0.2, 0) is 22.6 Å². The van der Waals surface area contributed by atoms with E-state index in [0.29, 0.717) is 44.2 Å². The highest BCUT2D eigenvalue weighted by Gasteiger charge is 2.29. The number of methoxy groups -OCH3 is 1. The van der Waals surface area contributed by atoms with Gasteiger partial charge in [0, 0.05) is 49.8 Å². The van der Waals surface area contributed by atoms with Crippen LogP contribution in [0.3, 0.4) is 0 Å². The fourth-order valence-electron chi connectivity index (χ4n) is 6.12. The average molecular weight is 637 g/mol. The van der Waals surface area contributed by atoms with Gasteiger partial charge in [0.15, 0.2) is 5.65 Å². The van der Waals surface area contributed by atoms with Crippen LogP contribution in [0, 0.1) is 6.92 Å². The summed E-state index contributed by atoms with van der Waals surface area (Å²) < 4.78 is 7.43. The molecule has 46 heavy (non-hydrogen) atoms. The fourth-order valence-corrected chi connectivity index (χ4v) is 6.90. The highest BCUT2D eigenvalue weighted by atomic mass is 32.2. The first-order valence-corrected chi connectivity index (χ1v) is 16.9. The molecule has 2 aromatic heterocycles. The molecule has 0 bridgehead atoms. The fraction of sp³-hybridized carbons (Fsp3) is 0.361. The van der Waals surface area contributed by atoms with Crippen molar-refractivity contribution in [3.63, 3.8) is 0 Å². The van der Waals surface area contributed by atoms with E-state index >= 15 is 0 Å². The van der Waals surface area contributed by atoms with E-state index in [1.54, 1.807) is 18.9 Å². The first kappa shape index (κ1) is 31.5. The van der Waals surface area contributed by atoms with Gasteiger partial charge in [0.05, 0.1) is 19.0 Å². The number of benzene rings is 3. The van der Waals surface area contributed by atoms with E-state index in [-0.39, 0.29) is 17.9 Å². The first-order chi connectivity index (χ1) is 22.4. The van der Waals surface area contributed by atoms with Crippen molar-refractivity contribution >= 4 is 45.6 Å². The molecule has 1 fully saturated rings. The molecule has 3 heterocycles. The maximum atomic E-state index is 13.0. The largest absolute Gasteiger partial charge is 0.497 e. The van der Waals surface area contributed by atoms with E-state index in [2.05, 4.69) is 64.2 Å². The average Bonchev–Trinajstić information content (AvgIpc) is 3.36. The number of piperazine rings is 1. The molecule has 3 aromatic carbocycles. The van der Waals surface area contributed by atoms with Crippen molar-refractivity contribution in [2.75, 3.05) is 32.5 Å². The van der Waals surface area contributed by atoms with Crippen LogP contribution in [0.15, 0.2) is 78.0 Å². The molecule has 1 saturated heterocycles. The summed E-state index contributed by atoms with van der Waals surface area (Å²) in [7, 11) is 1.63. The van der Waals surface area contributed by atoms with E-state index in [4.69, 9.17) is 9.72 Å². The lowest BCUT2D eigenvalue weighted by molar-refractivity contribution is -0.142. The number of rotatable bonds is 11. The maximum Gasteiger partial charge on any atom is 0.227 e. The predicted octanol–water partition coefficient (Wildman–Crippen LogP) is 5.91. The van der Waals surface area contributed by atoms with Crippen molar-refractivity contribution < 1.29 is 14.3 Å². The van der Waals surface area contributed by atoms with Crippen molar-refractivity contribution in [1.82, 2.24) is 29.5 Å². The molecule has 9 nitrogen and oxygen atoms in total. The SMILES string of the molecule is COc1ccc(CC(=O)N2CCN(C(=O)CCCCSc3nnc4c5cc(C)ccc5n(Cc5ccccc5)c4n3)CC2C)cc1. The summed E-state index contributed by atoms with van der Waals surface area (Å²) in [6, 6.07) is 24.4. The van der Waals surface area contributed by atoms with Crippen LogP contribution in [0.5, 0.6) is 5.75 Å². The zero-order valence-corrected chi connectivity index (χ0v) is 27.5. The van der Waals surface area contributed by atoms with Gasteiger partial charge in [0.1, 0.15) is 11.3 Å². The summed E-state index contributed by atoms with van der Waals surface area (Å²) in [5, 5.41) is 10.8. The molecular weight excluding hydrogens is 597 g/mol. The van der Waals surface area contributed by atoms with Crippen LogP contribution in [0.25, 0.3) is 22.1 Å². The quantitative estimate of drug-likeness (QED) is 0.132. The van der Waals surface area contributed by atoms with E-state index in [9.17, 15) is 9.59 Å². The third-order valence-electron chi connectivity index (χ3n) is 8.62. The zero-order valence-electron chi connectivity index (χ0n) is 26.7. The van der Waals surface area contributed by atoms with Crippen LogP contribution in [0.2, 0.25) is 0 Å². The molecule has 1 aliphatic rings. The molecule has 0 N–H and O–H groups in total. The number of carbonyl (C=O) groups excluding carboxylic acids is 2. The van der Waals surface area contributed by atoms with E-state index in [1.807, 2.05) is 47.1 Å². The normalized spacial score (nSPS) is 15.1. The number of unbranched alkanes of at least 4 members (excludes halogenated alkanes) is 1. The minimum Gasteiger partial charge on any atom is -0.497 e. The zero-order chi connectivity index (χ0) is 32.0. The standard InChI is InChI=1S/C36H40N6O3S/c1-25-12-17-31-30(21-25)34-35(42(31)24-28-9-5-4-6-10-28)37-36(39-38-34)46-20-8-7-11-32(43)40-18-19-41(26(2)23-40)33(44)22-27-13-15-29(45-3)16-14-27/h4-6,9-10,12-17,21,26H,7-8,11,18-20,22-24H2,1-3H3. The van der Waals surface area contributed by atoms with Gasteiger partial charge < -0.3 is 19.1 Å². The topological polar surface area (TPSA) is 93.5 Å². The minimum absolute atomic E-state index is 0.0139. The van der Waals surface area contributed by atoms with Crippen LogP contribution >= 0.6 is 11.8 Å². The highest BCUT2D eigenvalue weighted by molar-refractivity contribution is 7.99. The lowest BCUT2D eigenvalue weighted by atomic mass is 10.1. The lowest BCUT2D eigenvalue weighted by Gasteiger charge is -2.40. The number of fused-ring (bicyclic) bond motifs is 3. The van der Waals surface area contributed by atoms with E-state index in [0.717, 1.165) is 52.0 Å². The number of hydrogen-bond donors (Lipinski definition) is 0. The molecule has 1 unspecified atom stereocenters. The summed E-state index contributed by atoms with van der Waals surface area (Å²) >= 11 is 1.58. The van der Waals surface area contributed by atoms with Gasteiger partial charge in [-0.25, -0.2) is 4.98 Å². The number of nitrogens with zero attached hydrogens (tertiary/aromatic N) is 6. The molecule has 5 aromatic rings. The summed E-state index contributed by atoms with van der Waals surface area (Å²) in [6.07, 6.45) is 2.51. The molecular formula is C36H40N6O3S. The molecule has 2 amide bonds. The Labute approximate surface area is 274 Å². The molecule has 0 aliphatic carbocycles. The molecule has 0 radical (unpaired) electrons. The van der Waals surface area contributed by atoms with Gasteiger partial charge >= 0.3 is 0 Å². The number of ether oxygens (including phenoxy) is 1. The molecule has 6 rings (SSSR count). The van der Waals surface area contributed by atoms with Gasteiger partial charge in [-0.3, -0.25) is 9.59 Å². The number of aromatic nitrogens is 4.